The molecule has 8 nitrogen and oxygen atoms in total. The van der Waals surface area contributed by atoms with Crippen LogP contribution in [0.4, 0.5) is 14.5 Å². The molecule has 0 radical (unpaired) electrons. The van der Waals surface area contributed by atoms with Gasteiger partial charge in [-0.3, -0.25) is 14.4 Å². The smallest absolute Gasteiger partial charge is 0.335 e. The fraction of sp³-hybridized carbons (Fsp3) is 0.303. The highest BCUT2D eigenvalue weighted by Gasteiger charge is 2.26. The molecule has 1 aromatic heterocycles. The number of carbonyl (C=O) groups is 2. The molecule has 0 bridgehead atoms. The molecule has 0 unspecified atom stereocenters. The number of nitrogens with one attached hydrogen (secondary N) is 1. The Morgan fingerprint density at radius 1 is 1.00 bits per heavy atom. The summed E-state index contributed by atoms with van der Waals surface area (Å²) in [6.07, 6.45) is 2.95. The van der Waals surface area contributed by atoms with Crippen LogP contribution in [0.1, 0.15) is 59.9 Å². The fourth-order valence-electron chi connectivity index (χ4n) is 5.18. The topological polar surface area (TPSA) is 96.7 Å². The highest BCUT2D eigenvalue weighted by molar-refractivity contribution is 6.08. The first kappa shape index (κ1) is 29.9. The fourth-order valence-corrected chi connectivity index (χ4v) is 5.18. The van der Waals surface area contributed by atoms with Crippen LogP contribution >= 0.6 is 0 Å². The number of likely N-dealkylation sites (tertiary alicyclic amines) is 1. The second kappa shape index (κ2) is 12.3. The number of carbonyl (C=O) groups excluding carboxylic acids is 1. The molecule has 2 N–H and O–H groups in total. The lowest BCUT2D eigenvalue weighted by molar-refractivity contribution is 0.0696. The number of benzene rings is 3. The number of carboxylic acids is 1. The third-order valence-electron chi connectivity index (χ3n) is 7.40. The first-order valence-electron chi connectivity index (χ1n) is 14.1. The van der Waals surface area contributed by atoms with E-state index in [2.05, 4.69) is 15.3 Å². The molecule has 5 rings (SSSR count). The third-order valence-corrected chi connectivity index (χ3v) is 7.40. The van der Waals surface area contributed by atoms with E-state index in [0.29, 0.717) is 53.5 Å². The largest absolute Gasteiger partial charge is 0.490 e. The van der Waals surface area contributed by atoms with E-state index in [4.69, 9.17) is 9.84 Å². The van der Waals surface area contributed by atoms with Gasteiger partial charge in [0.1, 0.15) is 23.5 Å². The number of aromatic nitrogens is 2. The van der Waals surface area contributed by atoms with E-state index in [1.54, 1.807) is 35.0 Å². The Labute approximate surface area is 248 Å². The number of halogens is 2. The van der Waals surface area contributed by atoms with Gasteiger partial charge in [-0.05, 0) is 100 Å². The summed E-state index contributed by atoms with van der Waals surface area (Å²) in [5, 5.41) is 16.4. The minimum Gasteiger partial charge on any atom is -0.490 e. The number of rotatable bonds is 8. The zero-order chi connectivity index (χ0) is 30.7. The van der Waals surface area contributed by atoms with Crippen LogP contribution < -0.4 is 10.1 Å². The van der Waals surface area contributed by atoms with Gasteiger partial charge in [-0.25, -0.2) is 13.6 Å². The lowest BCUT2D eigenvalue weighted by Gasteiger charge is -2.32. The van der Waals surface area contributed by atoms with Crippen molar-refractivity contribution < 1.29 is 28.2 Å². The van der Waals surface area contributed by atoms with Crippen molar-refractivity contribution in [3.8, 4) is 17.0 Å². The van der Waals surface area contributed by atoms with Crippen molar-refractivity contribution in [1.29, 1.82) is 0 Å². The van der Waals surface area contributed by atoms with Crippen LogP contribution in [-0.2, 0) is 12.1 Å². The van der Waals surface area contributed by atoms with Crippen LogP contribution in [0.3, 0.4) is 0 Å². The van der Waals surface area contributed by atoms with Crippen LogP contribution in [-0.4, -0.2) is 50.9 Å². The number of hydrogen-bond acceptors (Lipinski definition) is 5. The SMILES string of the molecule is CC(C)(C)n1ncc(C(=O)Nc2ccc(F)c(CN3CCC(Oc4ccc(C(=O)O)cc4)CC3)c2)c1-c1ccc(F)cc1. The summed E-state index contributed by atoms with van der Waals surface area (Å²) in [5.41, 5.74) is 2.24. The zero-order valence-electron chi connectivity index (χ0n) is 24.3. The number of anilines is 1. The minimum absolute atomic E-state index is 0.0216. The van der Waals surface area contributed by atoms with Gasteiger partial charge < -0.3 is 15.2 Å². The van der Waals surface area contributed by atoms with Gasteiger partial charge in [0.05, 0.1) is 28.6 Å². The van der Waals surface area contributed by atoms with Gasteiger partial charge in [0.15, 0.2) is 0 Å². The van der Waals surface area contributed by atoms with E-state index in [1.165, 1.54) is 42.6 Å². The molecule has 1 aliphatic heterocycles. The number of carboxylic acid groups (broad SMARTS) is 1. The van der Waals surface area contributed by atoms with Gasteiger partial charge in [-0.15, -0.1) is 0 Å². The maximum absolute atomic E-state index is 14.8. The molecule has 1 amide bonds. The highest BCUT2D eigenvalue weighted by atomic mass is 19.1. The summed E-state index contributed by atoms with van der Waals surface area (Å²) in [6.45, 7) is 7.66. The van der Waals surface area contributed by atoms with Crippen molar-refractivity contribution >= 4 is 17.6 Å². The summed E-state index contributed by atoms with van der Waals surface area (Å²) in [5.74, 6) is -1.50. The average molecular weight is 589 g/mol. The molecule has 1 aliphatic rings. The quantitative estimate of drug-likeness (QED) is 0.242. The molecule has 0 aliphatic carbocycles. The van der Waals surface area contributed by atoms with Gasteiger partial charge in [0.25, 0.3) is 5.91 Å². The number of hydrogen-bond donors (Lipinski definition) is 2. The zero-order valence-corrected chi connectivity index (χ0v) is 24.3. The van der Waals surface area contributed by atoms with Crippen LogP contribution in [0.15, 0.2) is 72.9 Å². The van der Waals surface area contributed by atoms with Crippen molar-refractivity contribution in [2.75, 3.05) is 18.4 Å². The van der Waals surface area contributed by atoms with Crippen LogP contribution in [0.25, 0.3) is 11.3 Å². The molecule has 43 heavy (non-hydrogen) atoms. The van der Waals surface area contributed by atoms with E-state index in [1.807, 2.05) is 20.8 Å². The summed E-state index contributed by atoms with van der Waals surface area (Å²) in [6, 6.07) is 16.8. The monoisotopic (exact) mass is 588 g/mol. The second-order valence-corrected chi connectivity index (χ2v) is 11.7. The van der Waals surface area contributed by atoms with Gasteiger partial charge in [-0.1, -0.05) is 0 Å². The summed E-state index contributed by atoms with van der Waals surface area (Å²) in [7, 11) is 0. The predicted octanol–water partition coefficient (Wildman–Crippen LogP) is 6.58. The van der Waals surface area contributed by atoms with Crippen molar-refractivity contribution in [3.63, 3.8) is 0 Å². The lowest BCUT2D eigenvalue weighted by Crippen LogP contribution is -2.38. The Kier molecular flexibility index (Phi) is 8.59. The average Bonchev–Trinajstić information content (AvgIpc) is 3.43. The Morgan fingerprint density at radius 3 is 2.30 bits per heavy atom. The van der Waals surface area contributed by atoms with Gasteiger partial charge in [-0.2, -0.15) is 5.10 Å². The Morgan fingerprint density at radius 2 is 1.67 bits per heavy atom. The van der Waals surface area contributed by atoms with E-state index in [0.717, 1.165) is 12.8 Å². The lowest BCUT2D eigenvalue weighted by atomic mass is 10.0. The molecule has 2 heterocycles. The van der Waals surface area contributed by atoms with Crippen molar-refractivity contribution in [2.45, 2.75) is 51.8 Å². The number of amides is 1. The molecule has 224 valence electrons. The first-order chi connectivity index (χ1) is 20.5. The molecule has 1 saturated heterocycles. The summed E-state index contributed by atoms with van der Waals surface area (Å²) >= 11 is 0. The maximum atomic E-state index is 14.8. The standard InChI is InChI=1S/C33H34F2N4O4/c1-33(2,3)39-30(21-4-8-24(34)9-5-21)28(19-36-39)31(40)37-25-10-13-29(35)23(18-25)20-38-16-14-27(15-17-38)43-26-11-6-22(7-12-26)32(41)42/h4-13,18-19,27H,14-17,20H2,1-3H3,(H,37,40)(H,41,42). The molecule has 0 saturated carbocycles. The van der Waals surface area contributed by atoms with Gasteiger partial charge >= 0.3 is 5.97 Å². The van der Waals surface area contributed by atoms with E-state index in [9.17, 15) is 18.4 Å². The van der Waals surface area contributed by atoms with Crippen molar-refractivity contribution in [3.05, 3.63) is 101 Å². The summed E-state index contributed by atoms with van der Waals surface area (Å²) < 4.78 is 36.2. The van der Waals surface area contributed by atoms with Crippen LogP contribution in [0.2, 0.25) is 0 Å². The van der Waals surface area contributed by atoms with Crippen molar-refractivity contribution in [2.24, 2.45) is 0 Å². The van der Waals surface area contributed by atoms with E-state index < -0.39 is 17.4 Å². The second-order valence-electron chi connectivity index (χ2n) is 11.7. The van der Waals surface area contributed by atoms with Crippen LogP contribution in [0, 0.1) is 11.6 Å². The Balaban J connectivity index is 1.24. The molecule has 3 aromatic carbocycles. The Hall–Kier alpha value is -4.57. The molecule has 10 heteroatoms. The molecule has 1 fully saturated rings. The number of nitrogens with zero attached hydrogens (tertiary/aromatic N) is 3. The van der Waals surface area contributed by atoms with Crippen molar-refractivity contribution in [1.82, 2.24) is 14.7 Å². The molecular formula is C33H34F2N4O4. The van der Waals surface area contributed by atoms with E-state index in [-0.39, 0.29) is 23.3 Å². The maximum Gasteiger partial charge on any atom is 0.335 e. The van der Waals surface area contributed by atoms with E-state index >= 15 is 0 Å². The minimum atomic E-state index is -0.984. The van der Waals surface area contributed by atoms with Gasteiger partial charge in [0, 0.05) is 36.4 Å². The predicted molar refractivity (Wildman–Crippen MR) is 159 cm³/mol. The number of piperidine rings is 1. The summed E-state index contributed by atoms with van der Waals surface area (Å²) in [4.78, 5) is 26.6. The number of ether oxygens (including phenoxy) is 1. The first-order valence-corrected chi connectivity index (χ1v) is 14.1. The molecule has 4 aromatic rings. The molecule has 0 atom stereocenters. The molecule has 0 spiro atoms. The third kappa shape index (κ3) is 7.09. The van der Waals surface area contributed by atoms with Crippen LogP contribution in [0.5, 0.6) is 5.75 Å². The number of aromatic carboxylic acids is 1. The highest BCUT2D eigenvalue weighted by Crippen LogP contribution is 2.30. The normalized spacial score (nSPS) is 14.4. The molecular weight excluding hydrogens is 554 g/mol. The Bertz CT molecular complexity index is 1600. The van der Waals surface area contributed by atoms with Gasteiger partial charge in [0.2, 0.25) is 0 Å².